The highest BCUT2D eigenvalue weighted by Gasteiger charge is 2.22. The second-order valence-electron chi connectivity index (χ2n) is 5.60. The molecule has 2 rings (SSSR count). The van der Waals surface area contributed by atoms with E-state index >= 15 is 0 Å². The molecule has 94 valence electrons. The predicted octanol–water partition coefficient (Wildman–Crippen LogP) is 3.11. The molecule has 2 unspecified atom stereocenters. The van der Waals surface area contributed by atoms with Crippen molar-refractivity contribution in [2.75, 3.05) is 13.2 Å². The number of rotatable bonds is 5. The first kappa shape index (κ1) is 12.4. The Morgan fingerprint density at radius 2 is 1.81 bits per heavy atom. The molecule has 0 saturated heterocycles. The highest BCUT2D eigenvalue weighted by atomic mass is 16.5. The Bertz CT molecular complexity index is 189. The molecule has 2 atom stereocenters. The van der Waals surface area contributed by atoms with Gasteiger partial charge < -0.3 is 10.1 Å². The van der Waals surface area contributed by atoms with Gasteiger partial charge in [0.2, 0.25) is 0 Å². The molecule has 0 radical (unpaired) electrons. The second kappa shape index (κ2) is 6.61. The van der Waals surface area contributed by atoms with Crippen molar-refractivity contribution in [1.29, 1.82) is 0 Å². The summed E-state index contributed by atoms with van der Waals surface area (Å²) in [5.74, 6) is 0.870. The van der Waals surface area contributed by atoms with Crippen LogP contribution in [0, 0.1) is 5.92 Å². The Morgan fingerprint density at radius 1 is 1.00 bits per heavy atom. The van der Waals surface area contributed by atoms with Gasteiger partial charge in [-0.15, -0.1) is 0 Å². The van der Waals surface area contributed by atoms with Gasteiger partial charge in [0, 0.05) is 12.6 Å². The summed E-state index contributed by atoms with van der Waals surface area (Å²) in [6.45, 7) is 4.33. The van der Waals surface area contributed by atoms with Gasteiger partial charge in [-0.05, 0) is 31.6 Å². The minimum Gasteiger partial charge on any atom is -0.377 e. The van der Waals surface area contributed by atoms with Gasteiger partial charge in [-0.3, -0.25) is 0 Å². The average molecular weight is 225 g/mol. The number of ether oxygens (including phenoxy) is 1. The molecule has 0 heterocycles. The quantitative estimate of drug-likeness (QED) is 0.726. The topological polar surface area (TPSA) is 21.3 Å². The van der Waals surface area contributed by atoms with Crippen LogP contribution in [0.3, 0.4) is 0 Å². The van der Waals surface area contributed by atoms with Crippen molar-refractivity contribution >= 4 is 0 Å². The third kappa shape index (κ3) is 3.74. The molecular weight excluding hydrogens is 198 g/mol. The van der Waals surface area contributed by atoms with Gasteiger partial charge in [0.05, 0.1) is 12.7 Å². The fourth-order valence-electron chi connectivity index (χ4n) is 3.15. The van der Waals surface area contributed by atoms with Crippen LogP contribution in [0.1, 0.15) is 58.3 Å². The summed E-state index contributed by atoms with van der Waals surface area (Å²) >= 11 is 0. The van der Waals surface area contributed by atoms with E-state index in [1.165, 1.54) is 51.4 Å². The van der Waals surface area contributed by atoms with E-state index in [1.54, 1.807) is 0 Å². The predicted molar refractivity (Wildman–Crippen MR) is 67.6 cm³/mol. The summed E-state index contributed by atoms with van der Waals surface area (Å²) in [6, 6.07) is 0.759. The highest BCUT2D eigenvalue weighted by Crippen LogP contribution is 2.24. The lowest BCUT2D eigenvalue weighted by molar-refractivity contribution is 0.0290. The molecule has 0 aliphatic heterocycles. The summed E-state index contributed by atoms with van der Waals surface area (Å²) in [7, 11) is 0. The number of hydrogen-bond acceptors (Lipinski definition) is 2. The molecule has 2 heteroatoms. The first-order chi connectivity index (χ1) is 7.86. The summed E-state index contributed by atoms with van der Waals surface area (Å²) in [5.41, 5.74) is 0. The maximum atomic E-state index is 5.92. The van der Waals surface area contributed by atoms with Gasteiger partial charge in [0.1, 0.15) is 0 Å². The fraction of sp³-hybridized carbons (Fsp3) is 1.00. The molecular formula is C14H27NO. The molecule has 0 aromatic rings. The van der Waals surface area contributed by atoms with Crippen molar-refractivity contribution in [2.24, 2.45) is 5.92 Å². The van der Waals surface area contributed by atoms with Crippen LogP contribution in [-0.4, -0.2) is 25.3 Å². The zero-order valence-electron chi connectivity index (χ0n) is 10.7. The molecule has 0 aromatic heterocycles. The fourth-order valence-corrected chi connectivity index (χ4v) is 3.15. The lowest BCUT2D eigenvalue weighted by Crippen LogP contribution is -2.34. The lowest BCUT2D eigenvalue weighted by Gasteiger charge is -2.23. The van der Waals surface area contributed by atoms with Crippen LogP contribution in [0.15, 0.2) is 0 Å². The van der Waals surface area contributed by atoms with E-state index in [1.807, 2.05) is 0 Å². The molecule has 2 saturated carbocycles. The first-order valence-corrected chi connectivity index (χ1v) is 7.21. The molecule has 2 aliphatic rings. The second-order valence-corrected chi connectivity index (χ2v) is 5.60. The number of hydrogen-bond donors (Lipinski definition) is 1. The van der Waals surface area contributed by atoms with Gasteiger partial charge in [-0.2, -0.15) is 0 Å². The molecule has 0 amide bonds. The van der Waals surface area contributed by atoms with Gasteiger partial charge >= 0.3 is 0 Å². The zero-order chi connectivity index (χ0) is 11.2. The third-order valence-electron chi connectivity index (χ3n) is 4.28. The van der Waals surface area contributed by atoms with Crippen LogP contribution in [0.4, 0.5) is 0 Å². The maximum Gasteiger partial charge on any atom is 0.0594 e. The summed E-state index contributed by atoms with van der Waals surface area (Å²) < 4.78 is 5.92. The van der Waals surface area contributed by atoms with E-state index in [-0.39, 0.29) is 0 Å². The van der Waals surface area contributed by atoms with E-state index < -0.39 is 0 Å². The normalized spacial score (nSPS) is 32.1. The zero-order valence-corrected chi connectivity index (χ0v) is 10.7. The molecule has 2 nitrogen and oxygen atoms in total. The summed E-state index contributed by atoms with van der Waals surface area (Å²) in [5, 5.41) is 3.65. The Morgan fingerprint density at radius 3 is 2.50 bits per heavy atom. The maximum absolute atomic E-state index is 5.92. The molecule has 16 heavy (non-hydrogen) atoms. The molecule has 0 bridgehead atoms. The van der Waals surface area contributed by atoms with Crippen LogP contribution in [0.2, 0.25) is 0 Å². The minimum absolute atomic E-state index is 0.566. The molecule has 0 spiro atoms. The van der Waals surface area contributed by atoms with Crippen LogP contribution in [-0.2, 0) is 4.74 Å². The van der Waals surface area contributed by atoms with Crippen molar-refractivity contribution in [1.82, 2.24) is 5.32 Å². The third-order valence-corrected chi connectivity index (χ3v) is 4.28. The lowest BCUT2D eigenvalue weighted by atomic mass is 9.98. The minimum atomic E-state index is 0.566. The van der Waals surface area contributed by atoms with Crippen molar-refractivity contribution in [3.63, 3.8) is 0 Å². The van der Waals surface area contributed by atoms with E-state index in [4.69, 9.17) is 4.74 Å². The van der Waals surface area contributed by atoms with Crippen LogP contribution < -0.4 is 5.32 Å². The van der Waals surface area contributed by atoms with Crippen molar-refractivity contribution in [3.8, 4) is 0 Å². The molecule has 0 aromatic carbocycles. The Kier molecular flexibility index (Phi) is 5.11. The largest absolute Gasteiger partial charge is 0.377 e. The van der Waals surface area contributed by atoms with Crippen molar-refractivity contribution in [3.05, 3.63) is 0 Å². The highest BCUT2D eigenvalue weighted by molar-refractivity contribution is 4.79. The summed E-state index contributed by atoms with van der Waals surface area (Å²) in [4.78, 5) is 0. The van der Waals surface area contributed by atoms with Crippen LogP contribution in [0.25, 0.3) is 0 Å². The Labute approximate surface area is 100 Å². The van der Waals surface area contributed by atoms with Gasteiger partial charge in [0.15, 0.2) is 0 Å². The van der Waals surface area contributed by atoms with Crippen LogP contribution in [0.5, 0.6) is 0 Å². The van der Waals surface area contributed by atoms with Crippen molar-refractivity contribution in [2.45, 2.75) is 70.4 Å². The van der Waals surface area contributed by atoms with E-state index in [0.29, 0.717) is 6.10 Å². The average Bonchev–Trinajstić information content (AvgIpc) is 2.72. The van der Waals surface area contributed by atoms with Gasteiger partial charge in [-0.1, -0.05) is 32.6 Å². The van der Waals surface area contributed by atoms with Gasteiger partial charge in [0.25, 0.3) is 0 Å². The Hall–Kier alpha value is -0.0800. The monoisotopic (exact) mass is 225 g/mol. The molecule has 2 fully saturated rings. The number of nitrogens with one attached hydrogen (secondary N) is 1. The molecule has 1 N–H and O–H groups in total. The van der Waals surface area contributed by atoms with Gasteiger partial charge in [-0.25, -0.2) is 0 Å². The van der Waals surface area contributed by atoms with E-state index in [0.717, 1.165) is 25.1 Å². The summed E-state index contributed by atoms with van der Waals surface area (Å²) in [6.07, 6.45) is 11.5. The smallest absolute Gasteiger partial charge is 0.0594 e. The molecule has 2 aliphatic carbocycles. The van der Waals surface area contributed by atoms with E-state index in [2.05, 4.69) is 12.2 Å². The SMILES string of the molecule is CC1CCCC1NCCOC1CCCCC1. The van der Waals surface area contributed by atoms with E-state index in [9.17, 15) is 0 Å². The standard InChI is InChI=1S/C14H27NO/c1-12-6-5-9-14(12)15-10-11-16-13-7-3-2-4-8-13/h12-15H,2-11H2,1H3. The van der Waals surface area contributed by atoms with Crippen LogP contribution >= 0.6 is 0 Å². The van der Waals surface area contributed by atoms with Crippen molar-refractivity contribution < 1.29 is 4.74 Å². The Balaban J connectivity index is 1.51. The first-order valence-electron chi connectivity index (χ1n) is 7.21.